The van der Waals surface area contributed by atoms with Gasteiger partial charge in [-0.25, -0.2) is 4.79 Å². The highest BCUT2D eigenvalue weighted by molar-refractivity contribution is 5.93. The van der Waals surface area contributed by atoms with Gasteiger partial charge in [0.05, 0.1) is 5.92 Å². The fourth-order valence-corrected chi connectivity index (χ4v) is 3.49. The first kappa shape index (κ1) is 14.4. The highest BCUT2D eigenvalue weighted by atomic mass is 16.4. The first-order valence-corrected chi connectivity index (χ1v) is 7.74. The smallest absolute Gasteiger partial charge is 0.329 e. The number of carboxylic acid groups (broad SMARTS) is 1. The van der Waals surface area contributed by atoms with E-state index in [1.165, 1.54) is 17.7 Å². The van der Waals surface area contributed by atoms with Crippen molar-refractivity contribution in [2.45, 2.75) is 44.6 Å². The zero-order valence-corrected chi connectivity index (χ0v) is 12.4. The van der Waals surface area contributed by atoms with Crippen LogP contribution in [0, 0.1) is 11.8 Å². The second-order valence-electron chi connectivity index (χ2n) is 6.82. The Balaban J connectivity index is 1.68. The SMILES string of the molecule is CC1(C(=O)O)CCCN1C(=O)C1CC(=O)N(CC2CC2)C1. The number of carbonyl (C=O) groups excluding carboxylic acids is 2. The molecule has 6 nitrogen and oxygen atoms in total. The first-order chi connectivity index (χ1) is 9.91. The number of amides is 2. The largest absolute Gasteiger partial charge is 0.480 e. The monoisotopic (exact) mass is 294 g/mol. The third-order valence-corrected chi connectivity index (χ3v) is 5.11. The normalized spacial score (nSPS) is 32.8. The number of hydrogen-bond acceptors (Lipinski definition) is 3. The molecule has 2 atom stereocenters. The van der Waals surface area contributed by atoms with Crippen molar-refractivity contribution in [2.75, 3.05) is 19.6 Å². The molecule has 2 aliphatic heterocycles. The van der Waals surface area contributed by atoms with Crippen LogP contribution in [-0.4, -0.2) is 57.9 Å². The molecule has 0 bridgehead atoms. The summed E-state index contributed by atoms with van der Waals surface area (Å²) in [7, 11) is 0. The zero-order chi connectivity index (χ0) is 15.2. The third kappa shape index (κ3) is 2.51. The molecule has 0 aromatic carbocycles. The molecule has 0 radical (unpaired) electrons. The number of carboxylic acids is 1. The first-order valence-electron chi connectivity index (χ1n) is 7.74. The van der Waals surface area contributed by atoms with Crippen LogP contribution in [0.25, 0.3) is 0 Å². The summed E-state index contributed by atoms with van der Waals surface area (Å²) in [5, 5.41) is 9.39. The van der Waals surface area contributed by atoms with E-state index in [0.717, 1.165) is 6.54 Å². The molecule has 3 rings (SSSR count). The molecule has 3 fully saturated rings. The Morgan fingerprint density at radius 2 is 2.10 bits per heavy atom. The van der Waals surface area contributed by atoms with E-state index in [9.17, 15) is 19.5 Å². The topological polar surface area (TPSA) is 77.9 Å². The number of carbonyl (C=O) groups is 3. The molecule has 3 aliphatic rings. The van der Waals surface area contributed by atoms with Crippen LogP contribution in [-0.2, 0) is 14.4 Å². The van der Waals surface area contributed by atoms with Gasteiger partial charge in [0.1, 0.15) is 5.54 Å². The summed E-state index contributed by atoms with van der Waals surface area (Å²) in [5.74, 6) is -0.833. The number of likely N-dealkylation sites (tertiary alicyclic amines) is 2. The average Bonchev–Trinajstić information content (AvgIpc) is 3.04. The minimum Gasteiger partial charge on any atom is -0.480 e. The van der Waals surface area contributed by atoms with Crippen LogP contribution < -0.4 is 0 Å². The van der Waals surface area contributed by atoms with Crippen LogP contribution in [0.1, 0.15) is 39.0 Å². The molecule has 2 unspecified atom stereocenters. The summed E-state index contributed by atoms with van der Waals surface area (Å²) in [6.07, 6.45) is 3.77. The Bertz CT molecular complexity index is 488. The molecule has 0 spiro atoms. The van der Waals surface area contributed by atoms with Crippen LogP contribution in [0.2, 0.25) is 0 Å². The van der Waals surface area contributed by atoms with Crippen LogP contribution in [0.3, 0.4) is 0 Å². The van der Waals surface area contributed by atoms with E-state index in [1.807, 2.05) is 0 Å². The lowest BCUT2D eigenvalue weighted by Gasteiger charge is -2.33. The molecule has 1 saturated carbocycles. The van der Waals surface area contributed by atoms with Gasteiger partial charge in [0, 0.05) is 26.1 Å². The van der Waals surface area contributed by atoms with Gasteiger partial charge in [-0.05, 0) is 38.5 Å². The van der Waals surface area contributed by atoms with Crippen LogP contribution >= 0.6 is 0 Å². The Labute approximate surface area is 124 Å². The predicted molar refractivity (Wildman–Crippen MR) is 74.4 cm³/mol. The molecule has 2 saturated heterocycles. The van der Waals surface area contributed by atoms with Crippen molar-refractivity contribution < 1.29 is 19.5 Å². The number of nitrogens with zero attached hydrogens (tertiary/aromatic N) is 2. The van der Waals surface area contributed by atoms with Crippen LogP contribution in [0.15, 0.2) is 0 Å². The van der Waals surface area contributed by atoms with Crippen molar-refractivity contribution in [2.24, 2.45) is 11.8 Å². The molecule has 2 amide bonds. The Morgan fingerprint density at radius 3 is 2.71 bits per heavy atom. The summed E-state index contributed by atoms with van der Waals surface area (Å²) in [4.78, 5) is 39.4. The van der Waals surface area contributed by atoms with Crippen LogP contribution in [0.4, 0.5) is 0 Å². The van der Waals surface area contributed by atoms with Crippen molar-refractivity contribution in [1.29, 1.82) is 0 Å². The maximum absolute atomic E-state index is 12.6. The standard InChI is InChI=1S/C15H22N2O4/c1-15(14(20)21)5-2-6-17(15)13(19)11-7-12(18)16(9-11)8-10-3-4-10/h10-11H,2-9H2,1H3,(H,20,21). The van der Waals surface area contributed by atoms with Gasteiger partial charge in [0.15, 0.2) is 0 Å². The quantitative estimate of drug-likeness (QED) is 0.828. The van der Waals surface area contributed by atoms with Crippen LogP contribution in [0.5, 0.6) is 0 Å². The molecule has 0 aromatic rings. The van der Waals surface area contributed by atoms with E-state index in [-0.39, 0.29) is 24.2 Å². The van der Waals surface area contributed by atoms with Crippen molar-refractivity contribution in [3.8, 4) is 0 Å². The average molecular weight is 294 g/mol. The van der Waals surface area contributed by atoms with Crippen molar-refractivity contribution in [3.63, 3.8) is 0 Å². The molecule has 116 valence electrons. The summed E-state index contributed by atoms with van der Waals surface area (Å²) >= 11 is 0. The lowest BCUT2D eigenvalue weighted by Crippen LogP contribution is -2.52. The maximum atomic E-state index is 12.6. The Hall–Kier alpha value is -1.59. The summed E-state index contributed by atoms with van der Waals surface area (Å²) < 4.78 is 0. The molecule has 6 heteroatoms. The minimum absolute atomic E-state index is 0.0384. The number of aliphatic carboxylic acids is 1. The molecule has 1 N–H and O–H groups in total. The highest BCUT2D eigenvalue weighted by Crippen LogP contribution is 2.35. The van der Waals surface area contributed by atoms with Crippen molar-refractivity contribution >= 4 is 17.8 Å². The third-order valence-electron chi connectivity index (χ3n) is 5.11. The van der Waals surface area contributed by atoms with Gasteiger partial charge in [-0.3, -0.25) is 9.59 Å². The lowest BCUT2D eigenvalue weighted by atomic mass is 9.97. The second-order valence-corrected chi connectivity index (χ2v) is 6.82. The van der Waals surface area contributed by atoms with Gasteiger partial charge in [-0.2, -0.15) is 0 Å². The lowest BCUT2D eigenvalue weighted by molar-refractivity contribution is -0.156. The molecule has 21 heavy (non-hydrogen) atoms. The minimum atomic E-state index is -1.11. The van der Waals surface area contributed by atoms with E-state index < -0.39 is 11.5 Å². The second kappa shape index (κ2) is 5.00. The van der Waals surface area contributed by atoms with Gasteiger partial charge in [0.2, 0.25) is 11.8 Å². The van der Waals surface area contributed by atoms with Gasteiger partial charge in [-0.15, -0.1) is 0 Å². The highest BCUT2D eigenvalue weighted by Gasteiger charge is 2.49. The van der Waals surface area contributed by atoms with Gasteiger partial charge in [-0.1, -0.05) is 0 Å². The predicted octanol–water partition coefficient (Wildman–Crippen LogP) is 0.711. The summed E-state index contributed by atoms with van der Waals surface area (Å²) in [6.45, 7) is 3.31. The van der Waals surface area contributed by atoms with E-state index in [1.54, 1.807) is 11.8 Å². The molecule has 0 aromatic heterocycles. The van der Waals surface area contributed by atoms with E-state index in [4.69, 9.17) is 0 Å². The van der Waals surface area contributed by atoms with Gasteiger partial charge < -0.3 is 14.9 Å². The summed E-state index contributed by atoms with van der Waals surface area (Å²) in [6, 6.07) is 0. The molecule has 2 heterocycles. The van der Waals surface area contributed by atoms with Gasteiger partial charge >= 0.3 is 5.97 Å². The molecule has 1 aliphatic carbocycles. The van der Waals surface area contributed by atoms with Gasteiger partial charge in [0.25, 0.3) is 0 Å². The Kier molecular flexibility index (Phi) is 3.42. The number of rotatable bonds is 4. The van der Waals surface area contributed by atoms with E-state index in [0.29, 0.717) is 31.8 Å². The fourth-order valence-electron chi connectivity index (χ4n) is 3.49. The molecular formula is C15H22N2O4. The molecular weight excluding hydrogens is 272 g/mol. The van der Waals surface area contributed by atoms with E-state index in [2.05, 4.69) is 0 Å². The maximum Gasteiger partial charge on any atom is 0.329 e. The van der Waals surface area contributed by atoms with Crippen molar-refractivity contribution in [3.05, 3.63) is 0 Å². The zero-order valence-electron chi connectivity index (χ0n) is 12.4. The Morgan fingerprint density at radius 1 is 1.38 bits per heavy atom. The van der Waals surface area contributed by atoms with E-state index >= 15 is 0 Å². The van der Waals surface area contributed by atoms with Crippen molar-refractivity contribution in [1.82, 2.24) is 9.80 Å². The number of hydrogen-bond donors (Lipinski definition) is 1. The summed E-state index contributed by atoms with van der Waals surface area (Å²) in [5.41, 5.74) is -1.11. The fraction of sp³-hybridized carbons (Fsp3) is 0.800.